The molecular formula is C41H33N3O4S. The SMILES string of the molecule is O=C1SC(Cc2ccc(OCCO/N=C\c3ccc4ccccc4n3)cc2)C(=O)N1C(c1ccccc1)(c1ccccc1)c1ccccc1. The lowest BCUT2D eigenvalue weighted by Crippen LogP contribution is -2.51. The van der Waals surface area contributed by atoms with E-state index in [4.69, 9.17) is 9.57 Å². The number of oxime groups is 1. The molecule has 1 atom stereocenters. The highest BCUT2D eigenvalue weighted by Gasteiger charge is 2.53. The summed E-state index contributed by atoms with van der Waals surface area (Å²) in [5.74, 6) is 0.454. The standard InChI is InChI=1S/C41H33N3O4S/c45-39-38(28-30-20-24-36(25-21-30)47-26-27-48-42-29-35-23-22-31-12-10-11-19-37(31)43-35)49-40(46)44(39)41(32-13-4-1-5-14-32,33-15-6-2-7-16-33)34-17-8-3-9-18-34/h1-25,29,38H,26-28H2/b42-29-. The Hall–Kier alpha value is -5.73. The highest BCUT2D eigenvalue weighted by Crippen LogP contribution is 2.47. The number of pyridine rings is 1. The van der Waals surface area contributed by atoms with Crippen LogP contribution in [0.15, 0.2) is 157 Å². The van der Waals surface area contributed by atoms with E-state index in [0.29, 0.717) is 24.5 Å². The van der Waals surface area contributed by atoms with Crippen molar-refractivity contribution < 1.29 is 19.2 Å². The predicted molar refractivity (Wildman–Crippen MR) is 194 cm³/mol. The number of fused-ring (bicyclic) bond motifs is 1. The third-order valence-electron chi connectivity index (χ3n) is 8.50. The van der Waals surface area contributed by atoms with Crippen LogP contribution in [0.3, 0.4) is 0 Å². The van der Waals surface area contributed by atoms with E-state index < -0.39 is 10.8 Å². The molecule has 7 rings (SSSR count). The van der Waals surface area contributed by atoms with Crippen molar-refractivity contribution in [3.05, 3.63) is 180 Å². The van der Waals surface area contributed by atoms with E-state index >= 15 is 0 Å². The molecule has 0 radical (unpaired) electrons. The molecule has 1 fully saturated rings. The number of rotatable bonds is 12. The second kappa shape index (κ2) is 14.6. The first-order chi connectivity index (χ1) is 24.1. The molecule has 1 saturated heterocycles. The maximum atomic E-state index is 14.4. The predicted octanol–water partition coefficient (Wildman–Crippen LogP) is 8.26. The van der Waals surface area contributed by atoms with Gasteiger partial charge in [-0.05, 0) is 52.9 Å². The lowest BCUT2D eigenvalue weighted by atomic mass is 9.75. The molecule has 1 unspecified atom stereocenters. The number of carbonyl (C=O) groups excluding carboxylic acids is 2. The van der Waals surface area contributed by atoms with Crippen LogP contribution in [0.5, 0.6) is 5.75 Å². The number of hydrogen-bond donors (Lipinski definition) is 0. The van der Waals surface area contributed by atoms with E-state index in [9.17, 15) is 9.59 Å². The zero-order valence-corrected chi connectivity index (χ0v) is 27.4. The highest BCUT2D eigenvalue weighted by atomic mass is 32.2. The number of aromatic nitrogens is 1. The van der Waals surface area contributed by atoms with E-state index in [0.717, 1.165) is 44.9 Å². The topological polar surface area (TPSA) is 81.1 Å². The van der Waals surface area contributed by atoms with Gasteiger partial charge in [0.15, 0.2) is 6.61 Å². The molecule has 2 amide bonds. The van der Waals surface area contributed by atoms with Crippen molar-refractivity contribution in [2.45, 2.75) is 17.2 Å². The molecule has 6 aromatic rings. The molecule has 0 saturated carbocycles. The molecule has 0 bridgehead atoms. The van der Waals surface area contributed by atoms with E-state index in [2.05, 4.69) is 10.1 Å². The van der Waals surface area contributed by atoms with Crippen molar-refractivity contribution in [3.8, 4) is 5.75 Å². The molecule has 2 heterocycles. The average Bonchev–Trinajstić information content (AvgIpc) is 3.43. The Balaban J connectivity index is 1.02. The van der Waals surface area contributed by atoms with Gasteiger partial charge >= 0.3 is 0 Å². The summed E-state index contributed by atoms with van der Waals surface area (Å²) in [5, 5.41) is 4.24. The van der Waals surface area contributed by atoms with Crippen molar-refractivity contribution in [1.82, 2.24) is 9.88 Å². The number of hydrogen-bond acceptors (Lipinski definition) is 7. The molecule has 7 nitrogen and oxygen atoms in total. The van der Waals surface area contributed by atoms with Gasteiger partial charge in [-0.2, -0.15) is 0 Å². The maximum absolute atomic E-state index is 14.4. The molecule has 1 aromatic heterocycles. The lowest BCUT2D eigenvalue weighted by molar-refractivity contribution is -0.129. The normalized spacial score (nSPS) is 14.9. The zero-order valence-electron chi connectivity index (χ0n) is 26.6. The van der Waals surface area contributed by atoms with Crippen LogP contribution in [-0.4, -0.2) is 45.7 Å². The van der Waals surface area contributed by atoms with Crippen LogP contribution in [0.2, 0.25) is 0 Å². The van der Waals surface area contributed by atoms with Gasteiger partial charge in [0.05, 0.1) is 22.7 Å². The number of imide groups is 1. The fourth-order valence-corrected chi connectivity index (χ4v) is 7.30. The number of benzene rings is 5. The number of thioether (sulfide) groups is 1. The van der Waals surface area contributed by atoms with Crippen molar-refractivity contribution in [1.29, 1.82) is 0 Å². The fourth-order valence-electron chi connectivity index (χ4n) is 6.25. The van der Waals surface area contributed by atoms with Crippen molar-refractivity contribution >= 4 is 40.0 Å². The Kier molecular flexibility index (Phi) is 9.48. The summed E-state index contributed by atoms with van der Waals surface area (Å²) in [6.07, 6.45) is 1.99. The van der Waals surface area contributed by atoms with Crippen molar-refractivity contribution in [3.63, 3.8) is 0 Å². The summed E-state index contributed by atoms with van der Waals surface area (Å²) in [5.41, 5.74) is 3.95. The van der Waals surface area contributed by atoms with E-state index in [1.807, 2.05) is 152 Å². The summed E-state index contributed by atoms with van der Waals surface area (Å²) in [6.45, 7) is 0.575. The molecule has 1 aliphatic rings. The van der Waals surface area contributed by atoms with Crippen LogP contribution < -0.4 is 4.74 Å². The van der Waals surface area contributed by atoms with E-state index in [1.165, 1.54) is 4.90 Å². The van der Waals surface area contributed by atoms with E-state index in [1.54, 1.807) is 6.21 Å². The Morgan fingerprint density at radius 3 is 1.92 bits per heavy atom. The van der Waals surface area contributed by atoms with Crippen LogP contribution in [0, 0.1) is 0 Å². The van der Waals surface area contributed by atoms with Crippen LogP contribution in [0.25, 0.3) is 10.9 Å². The summed E-state index contributed by atoms with van der Waals surface area (Å²) < 4.78 is 5.84. The third-order valence-corrected chi connectivity index (χ3v) is 9.54. The number of amides is 2. The van der Waals surface area contributed by atoms with Gasteiger partial charge in [-0.15, -0.1) is 0 Å². The number of carbonyl (C=O) groups is 2. The third kappa shape index (κ3) is 6.68. The Morgan fingerprint density at radius 2 is 1.29 bits per heavy atom. The minimum atomic E-state index is -1.13. The molecule has 5 aromatic carbocycles. The van der Waals surface area contributed by atoms with Crippen LogP contribution in [0.1, 0.15) is 27.9 Å². The number of para-hydroxylation sites is 1. The second-order valence-electron chi connectivity index (χ2n) is 11.5. The summed E-state index contributed by atoms with van der Waals surface area (Å²) in [4.78, 5) is 39.7. The molecule has 8 heteroatoms. The average molecular weight is 664 g/mol. The van der Waals surface area contributed by atoms with Crippen LogP contribution in [0.4, 0.5) is 4.79 Å². The molecular weight excluding hydrogens is 631 g/mol. The van der Waals surface area contributed by atoms with Gasteiger partial charge in [-0.3, -0.25) is 14.5 Å². The highest BCUT2D eigenvalue weighted by molar-refractivity contribution is 8.15. The van der Waals surface area contributed by atoms with Gasteiger partial charge in [0.2, 0.25) is 5.91 Å². The lowest BCUT2D eigenvalue weighted by Gasteiger charge is -2.42. The quantitative estimate of drug-likeness (QED) is 0.0568. The number of nitrogens with zero attached hydrogens (tertiary/aromatic N) is 3. The summed E-state index contributed by atoms with van der Waals surface area (Å²) >= 11 is 1.08. The molecule has 242 valence electrons. The first-order valence-corrected chi connectivity index (χ1v) is 16.9. The Morgan fingerprint density at radius 1 is 0.694 bits per heavy atom. The molecule has 49 heavy (non-hydrogen) atoms. The first-order valence-electron chi connectivity index (χ1n) is 16.1. The van der Waals surface area contributed by atoms with Gasteiger partial charge in [0.1, 0.15) is 17.9 Å². The monoisotopic (exact) mass is 663 g/mol. The van der Waals surface area contributed by atoms with Gasteiger partial charge in [-0.25, -0.2) is 4.98 Å². The van der Waals surface area contributed by atoms with Gasteiger partial charge in [0, 0.05) is 5.39 Å². The van der Waals surface area contributed by atoms with Crippen molar-refractivity contribution in [2.24, 2.45) is 5.16 Å². The Labute approximate surface area is 289 Å². The Bertz CT molecular complexity index is 1980. The van der Waals surface area contributed by atoms with Crippen LogP contribution >= 0.6 is 11.8 Å². The van der Waals surface area contributed by atoms with Gasteiger partial charge < -0.3 is 9.57 Å². The van der Waals surface area contributed by atoms with Crippen LogP contribution in [-0.2, 0) is 21.6 Å². The summed E-state index contributed by atoms with van der Waals surface area (Å²) in [6, 6.07) is 48.8. The largest absolute Gasteiger partial charge is 0.490 e. The maximum Gasteiger partial charge on any atom is 0.290 e. The van der Waals surface area contributed by atoms with Gasteiger partial charge in [-0.1, -0.05) is 144 Å². The smallest absolute Gasteiger partial charge is 0.290 e. The second-order valence-corrected chi connectivity index (χ2v) is 12.7. The minimum absolute atomic E-state index is 0.219. The molecule has 0 spiro atoms. The van der Waals surface area contributed by atoms with E-state index in [-0.39, 0.29) is 17.8 Å². The fraction of sp³-hybridized carbons (Fsp3) is 0.122. The molecule has 1 aliphatic heterocycles. The van der Waals surface area contributed by atoms with Crippen molar-refractivity contribution in [2.75, 3.05) is 13.2 Å². The summed E-state index contributed by atoms with van der Waals surface area (Å²) in [7, 11) is 0. The number of ether oxygens (including phenoxy) is 1. The zero-order chi connectivity index (χ0) is 33.5. The first kappa shape index (κ1) is 31.8. The molecule has 0 N–H and O–H groups in total. The minimum Gasteiger partial charge on any atom is -0.490 e. The molecule has 0 aliphatic carbocycles. The van der Waals surface area contributed by atoms with Gasteiger partial charge in [0.25, 0.3) is 5.24 Å².